The van der Waals surface area contributed by atoms with Crippen LogP contribution in [0.3, 0.4) is 0 Å². The summed E-state index contributed by atoms with van der Waals surface area (Å²) in [5.41, 5.74) is 0.427. The SMILES string of the molecule is COCC(C)NS(=O)(=O)c1ccc(NC(=O)C(C)Oc2ccc(Cl)cc2Cl)cc1. The molecular formula is C19H22Cl2N2O5S. The topological polar surface area (TPSA) is 93.7 Å². The van der Waals surface area contributed by atoms with Crippen molar-refractivity contribution >= 4 is 44.8 Å². The number of hydrogen-bond acceptors (Lipinski definition) is 5. The second-order valence-electron chi connectivity index (χ2n) is 6.33. The third-order valence-corrected chi connectivity index (χ3v) is 5.91. The van der Waals surface area contributed by atoms with Crippen molar-refractivity contribution in [2.75, 3.05) is 19.0 Å². The minimum absolute atomic E-state index is 0.0793. The second-order valence-corrected chi connectivity index (χ2v) is 8.88. The van der Waals surface area contributed by atoms with E-state index in [1.54, 1.807) is 26.0 Å². The van der Waals surface area contributed by atoms with Crippen LogP contribution in [0.4, 0.5) is 5.69 Å². The normalized spacial score (nSPS) is 13.6. The Labute approximate surface area is 180 Å². The number of amides is 1. The van der Waals surface area contributed by atoms with Gasteiger partial charge in [0.05, 0.1) is 16.5 Å². The Bertz CT molecular complexity index is 952. The van der Waals surface area contributed by atoms with Gasteiger partial charge in [0.2, 0.25) is 10.0 Å². The van der Waals surface area contributed by atoms with Crippen LogP contribution in [0.1, 0.15) is 13.8 Å². The van der Waals surface area contributed by atoms with E-state index in [2.05, 4.69) is 10.0 Å². The Morgan fingerprint density at radius 3 is 2.34 bits per heavy atom. The minimum Gasteiger partial charge on any atom is -0.479 e. The number of nitrogens with one attached hydrogen (secondary N) is 2. The fraction of sp³-hybridized carbons (Fsp3) is 0.316. The summed E-state index contributed by atoms with van der Waals surface area (Å²) in [6.45, 7) is 3.52. The highest BCUT2D eigenvalue weighted by Crippen LogP contribution is 2.28. The molecule has 0 aliphatic rings. The van der Waals surface area contributed by atoms with E-state index < -0.39 is 22.0 Å². The molecule has 2 rings (SSSR count). The summed E-state index contributed by atoms with van der Waals surface area (Å²) in [5, 5.41) is 3.42. The van der Waals surface area contributed by atoms with Gasteiger partial charge >= 0.3 is 0 Å². The van der Waals surface area contributed by atoms with E-state index in [-0.39, 0.29) is 17.5 Å². The van der Waals surface area contributed by atoms with Gasteiger partial charge in [-0.1, -0.05) is 23.2 Å². The number of benzene rings is 2. The smallest absolute Gasteiger partial charge is 0.265 e. The molecule has 10 heteroatoms. The number of sulfonamides is 1. The van der Waals surface area contributed by atoms with Crippen LogP contribution in [-0.2, 0) is 19.6 Å². The predicted octanol–water partition coefficient (Wildman–Crippen LogP) is 3.71. The van der Waals surface area contributed by atoms with Gasteiger partial charge < -0.3 is 14.8 Å². The maximum atomic E-state index is 12.3. The van der Waals surface area contributed by atoms with E-state index >= 15 is 0 Å². The van der Waals surface area contributed by atoms with Crippen molar-refractivity contribution in [3.63, 3.8) is 0 Å². The number of anilines is 1. The maximum Gasteiger partial charge on any atom is 0.265 e. The molecule has 2 aromatic carbocycles. The third-order valence-electron chi connectivity index (χ3n) is 3.77. The first-order valence-corrected chi connectivity index (χ1v) is 10.9. The molecule has 0 bridgehead atoms. The van der Waals surface area contributed by atoms with Crippen LogP contribution in [0, 0.1) is 0 Å². The zero-order chi connectivity index (χ0) is 21.6. The Balaban J connectivity index is 2.00. The van der Waals surface area contributed by atoms with Crippen LogP contribution in [0.25, 0.3) is 0 Å². The fourth-order valence-electron chi connectivity index (χ4n) is 2.39. The molecule has 2 aromatic rings. The molecule has 0 radical (unpaired) electrons. The molecule has 0 aliphatic heterocycles. The average molecular weight is 461 g/mol. The highest BCUT2D eigenvalue weighted by molar-refractivity contribution is 7.89. The molecular weight excluding hydrogens is 439 g/mol. The number of carbonyl (C=O) groups is 1. The number of hydrogen-bond donors (Lipinski definition) is 2. The van der Waals surface area contributed by atoms with Gasteiger partial charge in [0.1, 0.15) is 5.75 Å². The standard InChI is InChI=1S/C19H22Cl2N2O5S/c1-12(11-27-3)23-29(25,26)16-7-5-15(6-8-16)22-19(24)13(2)28-18-9-4-14(20)10-17(18)21/h4-10,12-13,23H,11H2,1-3H3,(H,22,24). The quantitative estimate of drug-likeness (QED) is 0.594. The van der Waals surface area contributed by atoms with Crippen LogP contribution in [0.2, 0.25) is 10.0 Å². The van der Waals surface area contributed by atoms with Crippen molar-refractivity contribution in [1.29, 1.82) is 0 Å². The molecule has 29 heavy (non-hydrogen) atoms. The van der Waals surface area contributed by atoms with Crippen molar-refractivity contribution in [3.05, 3.63) is 52.5 Å². The molecule has 2 unspecified atom stereocenters. The molecule has 0 saturated heterocycles. The molecule has 0 spiro atoms. The molecule has 7 nitrogen and oxygen atoms in total. The number of halogens is 2. The Morgan fingerprint density at radius 1 is 1.10 bits per heavy atom. The second kappa shape index (κ2) is 10.3. The van der Waals surface area contributed by atoms with Gasteiger partial charge in [-0.3, -0.25) is 4.79 Å². The summed E-state index contributed by atoms with van der Waals surface area (Å²) in [5.74, 6) is -0.0881. The lowest BCUT2D eigenvalue weighted by atomic mass is 10.3. The van der Waals surface area contributed by atoms with Crippen molar-refractivity contribution in [2.24, 2.45) is 0 Å². The van der Waals surface area contributed by atoms with Gasteiger partial charge in [-0.2, -0.15) is 0 Å². The Morgan fingerprint density at radius 2 is 1.76 bits per heavy atom. The van der Waals surface area contributed by atoms with Gasteiger partial charge in [-0.25, -0.2) is 13.1 Å². The fourth-order valence-corrected chi connectivity index (χ4v) is 4.07. The minimum atomic E-state index is -3.69. The summed E-state index contributed by atoms with van der Waals surface area (Å²) < 4.78 is 37.6. The molecule has 2 N–H and O–H groups in total. The highest BCUT2D eigenvalue weighted by atomic mass is 35.5. The predicted molar refractivity (Wildman–Crippen MR) is 113 cm³/mol. The van der Waals surface area contributed by atoms with Crippen LogP contribution >= 0.6 is 23.2 Å². The zero-order valence-corrected chi connectivity index (χ0v) is 18.4. The molecule has 0 heterocycles. The van der Waals surface area contributed by atoms with Gasteiger partial charge in [-0.05, 0) is 56.3 Å². The number of rotatable bonds is 9. The maximum absolute atomic E-state index is 12.3. The van der Waals surface area contributed by atoms with Crippen LogP contribution in [-0.4, -0.2) is 40.2 Å². The summed E-state index contributed by atoms with van der Waals surface area (Å²) in [4.78, 5) is 12.4. The van der Waals surface area contributed by atoms with Crippen molar-refractivity contribution < 1.29 is 22.7 Å². The number of ether oxygens (including phenoxy) is 2. The zero-order valence-electron chi connectivity index (χ0n) is 16.1. The summed E-state index contributed by atoms with van der Waals surface area (Å²) >= 11 is 11.9. The lowest BCUT2D eigenvalue weighted by Crippen LogP contribution is -2.35. The largest absolute Gasteiger partial charge is 0.479 e. The van der Waals surface area contributed by atoms with Crippen molar-refractivity contribution in [3.8, 4) is 5.75 Å². The van der Waals surface area contributed by atoms with Crippen molar-refractivity contribution in [1.82, 2.24) is 4.72 Å². The van der Waals surface area contributed by atoms with Crippen molar-refractivity contribution in [2.45, 2.75) is 30.9 Å². The lowest BCUT2D eigenvalue weighted by Gasteiger charge is -2.16. The van der Waals surface area contributed by atoms with E-state index in [9.17, 15) is 13.2 Å². The van der Waals surface area contributed by atoms with E-state index in [1.165, 1.54) is 37.4 Å². The summed E-state index contributed by atoms with van der Waals surface area (Å²) in [6.07, 6.45) is -0.839. The Kier molecular flexibility index (Phi) is 8.30. The molecule has 2 atom stereocenters. The van der Waals surface area contributed by atoms with Crippen LogP contribution in [0.5, 0.6) is 5.75 Å². The van der Waals surface area contributed by atoms with Crippen LogP contribution < -0.4 is 14.8 Å². The molecule has 0 fully saturated rings. The summed E-state index contributed by atoms with van der Waals surface area (Å²) in [7, 11) is -2.19. The molecule has 0 aliphatic carbocycles. The monoisotopic (exact) mass is 460 g/mol. The number of methoxy groups -OCH3 is 1. The first-order valence-electron chi connectivity index (χ1n) is 8.66. The first kappa shape index (κ1) is 23.4. The van der Waals surface area contributed by atoms with E-state index in [4.69, 9.17) is 32.7 Å². The molecule has 0 aromatic heterocycles. The highest BCUT2D eigenvalue weighted by Gasteiger charge is 2.19. The van der Waals surface area contributed by atoms with Gasteiger partial charge in [0, 0.05) is 23.9 Å². The molecule has 0 saturated carbocycles. The van der Waals surface area contributed by atoms with E-state index in [0.29, 0.717) is 21.5 Å². The Hall–Kier alpha value is -1.84. The van der Waals surface area contributed by atoms with E-state index in [1.807, 2.05) is 0 Å². The molecule has 1 amide bonds. The summed E-state index contributed by atoms with van der Waals surface area (Å²) in [6, 6.07) is 10.1. The molecule has 158 valence electrons. The average Bonchev–Trinajstić information content (AvgIpc) is 2.64. The lowest BCUT2D eigenvalue weighted by molar-refractivity contribution is -0.122. The van der Waals surface area contributed by atoms with Gasteiger partial charge in [0.15, 0.2) is 6.10 Å². The number of carbonyl (C=O) groups excluding carboxylic acids is 1. The van der Waals surface area contributed by atoms with Gasteiger partial charge in [0.25, 0.3) is 5.91 Å². The third kappa shape index (κ3) is 6.87. The first-order chi connectivity index (χ1) is 13.6. The van der Waals surface area contributed by atoms with Crippen LogP contribution in [0.15, 0.2) is 47.4 Å². The van der Waals surface area contributed by atoms with E-state index in [0.717, 1.165) is 0 Å². The van der Waals surface area contributed by atoms with Gasteiger partial charge in [-0.15, -0.1) is 0 Å².